The number of amides is 2. The molecular weight excluding hydrogens is 222 g/mol. The molecule has 1 unspecified atom stereocenters. The van der Waals surface area contributed by atoms with E-state index in [0.29, 0.717) is 0 Å². The molecule has 90 valence electrons. The lowest BCUT2D eigenvalue weighted by Crippen LogP contribution is -2.39. The summed E-state index contributed by atoms with van der Waals surface area (Å²) in [6, 6.07) is 3.53. The number of pyridine rings is 1. The van der Waals surface area contributed by atoms with Gasteiger partial charge in [0.1, 0.15) is 6.10 Å². The summed E-state index contributed by atoms with van der Waals surface area (Å²) in [5.74, 6) is -1.30. The van der Waals surface area contributed by atoms with Gasteiger partial charge in [0.2, 0.25) is 11.8 Å². The Labute approximate surface area is 98.2 Å². The Morgan fingerprint density at radius 1 is 1.59 bits per heavy atom. The molecule has 0 aliphatic heterocycles. The van der Waals surface area contributed by atoms with Crippen molar-refractivity contribution in [2.24, 2.45) is 5.73 Å². The largest absolute Gasteiger partial charge is 0.381 e. The molecule has 0 bridgehead atoms. The number of carbonyl (C=O) groups is 2. The molecule has 6 nitrogen and oxygen atoms in total. The number of hydrogen-bond acceptors (Lipinski definition) is 4. The number of primary amides is 1. The summed E-state index contributed by atoms with van der Waals surface area (Å²) >= 11 is 0. The maximum absolute atomic E-state index is 11.3. The number of rotatable bonds is 5. The summed E-state index contributed by atoms with van der Waals surface area (Å²) in [5.41, 5.74) is 5.60. The van der Waals surface area contributed by atoms with Crippen molar-refractivity contribution in [2.75, 3.05) is 6.54 Å². The van der Waals surface area contributed by atoms with Gasteiger partial charge < -0.3 is 16.2 Å². The number of aliphatic hydroxyl groups excluding tert-OH is 1. The Morgan fingerprint density at radius 2 is 2.35 bits per heavy atom. The molecule has 2 amide bonds. The molecule has 0 saturated heterocycles. The zero-order valence-electron chi connectivity index (χ0n) is 9.04. The number of aliphatic hydroxyl groups is 1. The van der Waals surface area contributed by atoms with Crippen LogP contribution in [0.1, 0.15) is 5.56 Å². The van der Waals surface area contributed by atoms with Crippen LogP contribution in [0.15, 0.2) is 30.6 Å². The molecule has 4 N–H and O–H groups in total. The van der Waals surface area contributed by atoms with Gasteiger partial charge in [-0.3, -0.25) is 14.6 Å². The van der Waals surface area contributed by atoms with Crippen LogP contribution >= 0.6 is 0 Å². The van der Waals surface area contributed by atoms with Crippen LogP contribution < -0.4 is 11.1 Å². The van der Waals surface area contributed by atoms with E-state index in [4.69, 9.17) is 10.8 Å². The highest BCUT2D eigenvalue weighted by Crippen LogP contribution is 1.97. The maximum Gasteiger partial charge on any atom is 0.248 e. The Hall–Kier alpha value is -2.21. The lowest BCUT2D eigenvalue weighted by molar-refractivity contribution is -0.126. The van der Waals surface area contributed by atoms with Crippen LogP contribution in [0.4, 0.5) is 0 Å². The van der Waals surface area contributed by atoms with Crippen molar-refractivity contribution in [3.8, 4) is 0 Å². The monoisotopic (exact) mass is 235 g/mol. The molecule has 0 aliphatic rings. The Morgan fingerprint density at radius 3 is 2.94 bits per heavy atom. The zero-order chi connectivity index (χ0) is 12.7. The van der Waals surface area contributed by atoms with E-state index in [1.807, 2.05) is 0 Å². The number of nitrogens with zero attached hydrogens (tertiary/aromatic N) is 1. The van der Waals surface area contributed by atoms with E-state index in [-0.39, 0.29) is 6.54 Å². The summed E-state index contributed by atoms with van der Waals surface area (Å²) in [7, 11) is 0. The minimum absolute atomic E-state index is 0.203. The van der Waals surface area contributed by atoms with Gasteiger partial charge in [-0.2, -0.15) is 0 Å². The van der Waals surface area contributed by atoms with Gasteiger partial charge in [0.15, 0.2) is 0 Å². The van der Waals surface area contributed by atoms with Gasteiger partial charge in [-0.15, -0.1) is 0 Å². The third-order valence-corrected chi connectivity index (χ3v) is 1.91. The molecule has 0 aromatic carbocycles. The molecule has 1 atom stereocenters. The Bertz CT molecular complexity index is 417. The minimum Gasteiger partial charge on any atom is -0.381 e. The maximum atomic E-state index is 11.3. The average Bonchev–Trinajstić information content (AvgIpc) is 2.34. The van der Waals surface area contributed by atoms with E-state index in [0.717, 1.165) is 5.56 Å². The highest BCUT2D eigenvalue weighted by atomic mass is 16.3. The van der Waals surface area contributed by atoms with Gasteiger partial charge in [0.25, 0.3) is 0 Å². The fourth-order valence-corrected chi connectivity index (χ4v) is 1.00. The van der Waals surface area contributed by atoms with Gasteiger partial charge in [0, 0.05) is 18.5 Å². The Balaban J connectivity index is 2.40. The second kappa shape index (κ2) is 6.39. The average molecular weight is 235 g/mol. The third-order valence-electron chi connectivity index (χ3n) is 1.91. The first-order valence-electron chi connectivity index (χ1n) is 4.93. The SMILES string of the molecule is NC(=O)C(O)CNC(=O)/C=C/c1cccnc1. The fraction of sp³-hybridized carbons (Fsp3) is 0.182. The molecule has 0 fully saturated rings. The first-order chi connectivity index (χ1) is 8.09. The van der Waals surface area contributed by atoms with E-state index >= 15 is 0 Å². The number of carbonyl (C=O) groups excluding carboxylic acids is 2. The van der Waals surface area contributed by atoms with Crippen LogP contribution in [0.2, 0.25) is 0 Å². The van der Waals surface area contributed by atoms with Crippen molar-refractivity contribution in [2.45, 2.75) is 6.10 Å². The summed E-state index contributed by atoms with van der Waals surface area (Å²) in [6.45, 7) is -0.203. The lowest BCUT2D eigenvalue weighted by atomic mass is 10.2. The van der Waals surface area contributed by atoms with Gasteiger partial charge >= 0.3 is 0 Å². The summed E-state index contributed by atoms with van der Waals surface area (Å²) in [5, 5.41) is 11.4. The molecule has 0 radical (unpaired) electrons. The van der Waals surface area contributed by atoms with Gasteiger partial charge in [-0.05, 0) is 17.7 Å². The van der Waals surface area contributed by atoms with Crippen LogP contribution in [0.25, 0.3) is 6.08 Å². The minimum atomic E-state index is -1.37. The first-order valence-corrected chi connectivity index (χ1v) is 4.93. The number of hydrogen-bond donors (Lipinski definition) is 3. The van der Waals surface area contributed by atoms with Crippen molar-refractivity contribution in [3.63, 3.8) is 0 Å². The van der Waals surface area contributed by atoms with Gasteiger partial charge in [0.05, 0.1) is 6.54 Å². The van der Waals surface area contributed by atoms with Crippen LogP contribution in [-0.4, -0.2) is 34.6 Å². The predicted octanol–water partition coefficient (Wildman–Crippen LogP) is -0.943. The molecule has 1 aromatic rings. The summed E-state index contributed by atoms with van der Waals surface area (Å²) in [4.78, 5) is 25.6. The smallest absolute Gasteiger partial charge is 0.248 e. The molecular formula is C11H13N3O3. The second-order valence-corrected chi connectivity index (χ2v) is 3.28. The Kier molecular flexibility index (Phi) is 4.83. The molecule has 17 heavy (non-hydrogen) atoms. The zero-order valence-corrected chi connectivity index (χ0v) is 9.04. The second-order valence-electron chi connectivity index (χ2n) is 3.28. The topological polar surface area (TPSA) is 105 Å². The van der Waals surface area contributed by atoms with E-state index in [9.17, 15) is 9.59 Å². The van der Waals surface area contributed by atoms with E-state index in [1.54, 1.807) is 30.6 Å². The number of nitrogens with two attached hydrogens (primary N) is 1. The molecule has 0 aliphatic carbocycles. The van der Waals surface area contributed by atoms with E-state index in [2.05, 4.69) is 10.3 Å². The summed E-state index contributed by atoms with van der Waals surface area (Å²) in [6.07, 6.45) is 4.71. The van der Waals surface area contributed by atoms with Crippen molar-refractivity contribution in [1.29, 1.82) is 0 Å². The van der Waals surface area contributed by atoms with E-state index < -0.39 is 17.9 Å². The summed E-state index contributed by atoms with van der Waals surface area (Å²) < 4.78 is 0. The highest BCUT2D eigenvalue weighted by molar-refractivity contribution is 5.92. The van der Waals surface area contributed by atoms with Crippen molar-refractivity contribution >= 4 is 17.9 Å². The highest BCUT2D eigenvalue weighted by Gasteiger charge is 2.10. The molecule has 0 saturated carbocycles. The molecule has 1 heterocycles. The number of nitrogens with one attached hydrogen (secondary N) is 1. The molecule has 0 spiro atoms. The fourth-order valence-electron chi connectivity index (χ4n) is 1.00. The van der Waals surface area contributed by atoms with Crippen LogP contribution in [0.5, 0.6) is 0 Å². The van der Waals surface area contributed by atoms with Crippen LogP contribution in [0.3, 0.4) is 0 Å². The van der Waals surface area contributed by atoms with E-state index in [1.165, 1.54) is 6.08 Å². The lowest BCUT2D eigenvalue weighted by Gasteiger charge is -2.05. The quantitative estimate of drug-likeness (QED) is 0.572. The third kappa shape index (κ3) is 4.89. The molecule has 1 rings (SSSR count). The van der Waals surface area contributed by atoms with Crippen molar-refractivity contribution in [1.82, 2.24) is 10.3 Å². The van der Waals surface area contributed by atoms with Crippen molar-refractivity contribution in [3.05, 3.63) is 36.2 Å². The normalized spacial score (nSPS) is 12.3. The van der Waals surface area contributed by atoms with Gasteiger partial charge in [-0.25, -0.2) is 0 Å². The molecule has 1 aromatic heterocycles. The predicted molar refractivity (Wildman–Crippen MR) is 61.5 cm³/mol. The van der Waals surface area contributed by atoms with Crippen molar-refractivity contribution < 1.29 is 14.7 Å². The molecule has 6 heteroatoms. The van der Waals surface area contributed by atoms with Gasteiger partial charge in [-0.1, -0.05) is 6.07 Å². The standard InChI is InChI=1S/C11H13N3O3/c12-11(17)9(15)7-14-10(16)4-3-8-2-1-5-13-6-8/h1-6,9,15H,7H2,(H2,12,17)(H,14,16)/b4-3+. The first kappa shape index (κ1) is 12.9. The van der Waals surface area contributed by atoms with Crippen LogP contribution in [0, 0.1) is 0 Å². The van der Waals surface area contributed by atoms with Crippen LogP contribution in [-0.2, 0) is 9.59 Å². The number of aromatic nitrogens is 1.